The van der Waals surface area contributed by atoms with Crippen LogP contribution in [0.3, 0.4) is 0 Å². The molecule has 5 aliphatic rings. The first-order chi connectivity index (χ1) is 15.6. The molecule has 0 aromatic carbocycles. The molecule has 5 aliphatic heterocycles. The zero-order valence-electron chi connectivity index (χ0n) is 18.4. The molecule has 3 unspecified atom stereocenters. The highest BCUT2D eigenvalue weighted by atomic mass is 32.2. The quantitative estimate of drug-likeness (QED) is 0.762. The van der Waals surface area contributed by atoms with E-state index in [-0.39, 0.29) is 23.2 Å². The zero-order chi connectivity index (χ0) is 21.8. The van der Waals surface area contributed by atoms with Gasteiger partial charge in [-0.05, 0) is 37.0 Å². The predicted octanol–water partition coefficient (Wildman–Crippen LogP) is 2.39. The van der Waals surface area contributed by atoms with Gasteiger partial charge in [0.25, 0.3) is 0 Å². The Labute approximate surface area is 192 Å². The highest BCUT2D eigenvalue weighted by molar-refractivity contribution is 8.03. The van der Waals surface area contributed by atoms with Gasteiger partial charge >= 0.3 is 0 Å². The fraction of sp³-hybridized carbons (Fsp3) is 0.458. The number of carbonyl (C=O) groups excluding carboxylic acids is 1. The number of aryl methyl sites for hydroxylation is 2. The van der Waals surface area contributed by atoms with Crippen LogP contribution < -0.4 is 10.2 Å². The molecule has 2 saturated heterocycles. The molecule has 1 N–H and O–H groups in total. The van der Waals surface area contributed by atoms with Gasteiger partial charge in [0.1, 0.15) is 5.37 Å². The fourth-order valence-corrected chi connectivity index (χ4v) is 6.58. The first-order valence-corrected chi connectivity index (χ1v) is 12.3. The van der Waals surface area contributed by atoms with Crippen molar-refractivity contribution in [1.82, 2.24) is 25.1 Å². The van der Waals surface area contributed by atoms with Gasteiger partial charge < -0.3 is 20.0 Å². The van der Waals surface area contributed by atoms with E-state index in [0.717, 1.165) is 43.5 Å². The summed E-state index contributed by atoms with van der Waals surface area (Å²) in [5.41, 5.74) is 3.19. The standard InChI is InChI=1S/C24H28N6OS/c1-15-9-16(2)27-24(26-15)30-12-17-10-29(11-18(17)13-30)23(31)21-19(22-25-6-8-32-22)14-28-7-4-3-5-20(21)28/h3-9,14,17-18,20-22,25H,10-13H2,1-2H3/t17-,18+,20?,21?,22?. The third-order valence-electron chi connectivity index (χ3n) is 7.17. The summed E-state index contributed by atoms with van der Waals surface area (Å²) in [4.78, 5) is 29.8. The number of hydrogen-bond donors (Lipinski definition) is 1. The molecule has 0 bridgehead atoms. The molecule has 32 heavy (non-hydrogen) atoms. The normalized spacial score (nSPS) is 32.4. The van der Waals surface area contributed by atoms with E-state index in [4.69, 9.17) is 0 Å². The maximum Gasteiger partial charge on any atom is 0.232 e. The largest absolute Gasteiger partial charge is 0.375 e. The van der Waals surface area contributed by atoms with Crippen LogP contribution in [-0.4, -0.2) is 63.3 Å². The molecule has 0 spiro atoms. The molecule has 166 valence electrons. The number of amides is 1. The molecule has 0 radical (unpaired) electrons. The lowest BCUT2D eigenvalue weighted by Gasteiger charge is -2.31. The van der Waals surface area contributed by atoms with E-state index in [0.29, 0.717) is 11.8 Å². The average Bonchev–Trinajstić information content (AvgIpc) is 3.54. The van der Waals surface area contributed by atoms with Crippen LogP contribution in [0.5, 0.6) is 0 Å². The summed E-state index contributed by atoms with van der Waals surface area (Å²) in [5, 5.41) is 5.61. The summed E-state index contributed by atoms with van der Waals surface area (Å²) in [6.45, 7) is 7.54. The molecule has 0 saturated carbocycles. The molecule has 6 heterocycles. The number of fused-ring (bicyclic) bond motifs is 2. The maximum atomic E-state index is 13.8. The molecule has 2 fully saturated rings. The van der Waals surface area contributed by atoms with Crippen molar-refractivity contribution in [2.45, 2.75) is 25.3 Å². The van der Waals surface area contributed by atoms with Crippen LogP contribution in [0.15, 0.2) is 53.9 Å². The Morgan fingerprint density at radius 1 is 1.09 bits per heavy atom. The smallest absolute Gasteiger partial charge is 0.232 e. The number of hydrogen-bond acceptors (Lipinski definition) is 7. The van der Waals surface area contributed by atoms with Crippen LogP contribution in [0.4, 0.5) is 5.95 Å². The lowest BCUT2D eigenvalue weighted by molar-refractivity contribution is -0.134. The van der Waals surface area contributed by atoms with E-state index in [1.54, 1.807) is 11.8 Å². The fourth-order valence-electron chi connectivity index (χ4n) is 5.75. The van der Waals surface area contributed by atoms with Crippen molar-refractivity contribution < 1.29 is 4.79 Å². The lowest BCUT2D eigenvalue weighted by Crippen LogP contribution is -2.44. The third-order valence-corrected chi connectivity index (χ3v) is 8.14. The van der Waals surface area contributed by atoms with Gasteiger partial charge in [0.2, 0.25) is 11.9 Å². The minimum absolute atomic E-state index is 0.0751. The number of nitrogens with one attached hydrogen (secondary N) is 1. The van der Waals surface area contributed by atoms with Gasteiger partial charge in [-0.3, -0.25) is 4.79 Å². The van der Waals surface area contributed by atoms with Crippen molar-refractivity contribution in [3.63, 3.8) is 0 Å². The number of carbonyl (C=O) groups is 1. The summed E-state index contributed by atoms with van der Waals surface area (Å²) in [6, 6.07) is 2.09. The van der Waals surface area contributed by atoms with Crippen molar-refractivity contribution in [1.29, 1.82) is 0 Å². The molecule has 8 heteroatoms. The molecular formula is C24H28N6OS. The highest BCUT2D eigenvalue weighted by Gasteiger charge is 2.48. The second-order valence-corrected chi connectivity index (χ2v) is 10.4. The summed E-state index contributed by atoms with van der Waals surface area (Å²) >= 11 is 1.74. The molecule has 6 rings (SSSR count). The van der Waals surface area contributed by atoms with E-state index in [1.807, 2.05) is 32.2 Å². The second-order valence-electron chi connectivity index (χ2n) is 9.38. The van der Waals surface area contributed by atoms with Gasteiger partial charge in [-0.1, -0.05) is 12.2 Å². The van der Waals surface area contributed by atoms with Gasteiger partial charge in [-0.15, -0.1) is 11.8 Å². The lowest BCUT2D eigenvalue weighted by atomic mass is 9.91. The van der Waals surface area contributed by atoms with Crippen LogP contribution in [0.2, 0.25) is 0 Å². The third kappa shape index (κ3) is 3.32. The number of anilines is 1. The first-order valence-electron chi connectivity index (χ1n) is 11.3. The number of likely N-dealkylation sites (tertiary alicyclic amines) is 1. The van der Waals surface area contributed by atoms with Crippen LogP contribution in [0.1, 0.15) is 11.4 Å². The van der Waals surface area contributed by atoms with E-state index < -0.39 is 0 Å². The number of aromatic nitrogens is 2. The van der Waals surface area contributed by atoms with Crippen molar-refractivity contribution in [2.75, 3.05) is 31.1 Å². The molecule has 0 aliphatic carbocycles. The topological polar surface area (TPSA) is 64.6 Å². The number of thioether (sulfide) groups is 1. The van der Waals surface area contributed by atoms with Gasteiger partial charge in [0, 0.05) is 68.0 Å². The summed E-state index contributed by atoms with van der Waals surface area (Å²) < 4.78 is 0. The average molecular weight is 449 g/mol. The molecule has 1 aromatic heterocycles. The Morgan fingerprint density at radius 2 is 1.84 bits per heavy atom. The molecule has 5 atom stereocenters. The van der Waals surface area contributed by atoms with Crippen LogP contribution in [0.25, 0.3) is 0 Å². The van der Waals surface area contributed by atoms with Crippen molar-refractivity contribution in [3.05, 3.63) is 65.3 Å². The first kappa shape index (κ1) is 19.9. The summed E-state index contributed by atoms with van der Waals surface area (Å²) in [5.74, 6) is 1.93. The van der Waals surface area contributed by atoms with Crippen molar-refractivity contribution in [2.24, 2.45) is 17.8 Å². The number of rotatable bonds is 3. The number of allylic oxidation sites excluding steroid dienone is 2. The monoisotopic (exact) mass is 448 g/mol. The van der Waals surface area contributed by atoms with E-state index in [9.17, 15) is 4.79 Å². The molecular weight excluding hydrogens is 420 g/mol. The van der Waals surface area contributed by atoms with Crippen LogP contribution in [-0.2, 0) is 4.79 Å². The molecule has 7 nitrogen and oxygen atoms in total. The van der Waals surface area contributed by atoms with Crippen LogP contribution in [0, 0.1) is 31.6 Å². The molecule has 1 aromatic rings. The van der Waals surface area contributed by atoms with E-state index in [1.165, 1.54) is 5.57 Å². The van der Waals surface area contributed by atoms with Gasteiger partial charge in [0.05, 0.1) is 12.0 Å². The van der Waals surface area contributed by atoms with Crippen molar-refractivity contribution in [3.8, 4) is 0 Å². The minimum Gasteiger partial charge on any atom is -0.375 e. The van der Waals surface area contributed by atoms with E-state index in [2.05, 4.69) is 59.9 Å². The Balaban J connectivity index is 1.17. The van der Waals surface area contributed by atoms with Gasteiger partial charge in [0.15, 0.2) is 0 Å². The van der Waals surface area contributed by atoms with Crippen molar-refractivity contribution >= 4 is 23.6 Å². The zero-order valence-corrected chi connectivity index (χ0v) is 19.2. The van der Waals surface area contributed by atoms with Gasteiger partial charge in [-0.2, -0.15) is 0 Å². The second kappa shape index (κ2) is 7.69. The Bertz CT molecular complexity index is 1020. The van der Waals surface area contributed by atoms with E-state index >= 15 is 0 Å². The maximum absolute atomic E-state index is 13.8. The van der Waals surface area contributed by atoms with Crippen LogP contribution >= 0.6 is 11.8 Å². The summed E-state index contributed by atoms with van der Waals surface area (Å²) in [6.07, 6.45) is 12.5. The summed E-state index contributed by atoms with van der Waals surface area (Å²) in [7, 11) is 0. The minimum atomic E-state index is -0.140. The highest BCUT2D eigenvalue weighted by Crippen LogP contribution is 2.41. The molecule has 1 amide bonds. The Hall–Kier alpha value is -2.74. The SMILES string of the molecule is Cc1cc(C)nc(N2C[C@H]3CN(C(=O)C4C(C5NC=CS5)=CN5C=CC=CC45)C[C@H]3C2)n1. The Morgan fingerprint density at radius 3 is 2.53 bits per heavy atom. The Kier molecular flexibility index (Phi) is 4.78. The number of nitrogens with zero attached hydrogens (tertiary/aromatic N) is 5. The van der Waals surface area contributed by atoms with Gasteiger partial charge in [-0.25, -0.2) is 9.97 Å². The predicted molar refractivity (Wildman–Crippen MR) is 126 cm³/mol.